The predicted molar refractivity (Wildman–Crippen MR) is 65.5 cm³/mol. The third-order valence-corrected chi connectivity index (χ3v) is 2.13. The molecule has 1 aromatic rings. The van der Waals surface area contributed by atoms with E-state index >= 15 is 0 Å². The summed E-state index contributed by atoms with van der Waals surface area (Å²) in [7, 11) is 0. The number of hydrogen-bond donors (Lipinski definition) is 0. The van der Waals surface area contributed by atoms with Gasteiger partial charge in [-0.2, -0.15) is 0 Å². The van der Waals surface area contributed by atoms with Crippen LogP contribution in [0.1, 0.15) is 13.3 Å². The van der Waals surface area contributed by atoms with E-state index in [4.69, 9.17) is 0 Å². The van der Waals surface area contributed by atoms with Crippen LogP contribution in [0.25, 0.3) is 0 Å². The molecule has 0 aliphatic rings. The monoisotopic (exact) mass is 200 g/mol. The van der Waals surface area contributed by atoms with Gasteiger partial charge >= 0.3 is 0 Å². The summed E-state index contributed by atoms with van der Waals surface area (Å²) < 4.78 is 0. The topological polar surface area (TPSA) is 16.1 Å². The van der Waals surface area contributed by atoms with E-state index in [9.17, 15) is 0 Å². The number of pyridine rings is 1. The Labute approximate surface area is 91.3 Å². The van der Waals surface area contributed by atoms with Crippen LogP contribution in [-0.2, 0) is 0 Å². The van der Waals surface area contributed by atoms with Gasteiger partial charge in [0, 0.05) is 17.6 Å². The van der Waals surface area contributed by atoms with Crippen LogP contribution in [-0.4, -0.2) is 4.98 Å². The molecule has 0 amide bonds. The van der Waals surface area contributed by atoms with Crippen molar-refractivity contribution in [3.8, 4) is 0 Å². The highest BCUT2D eigenvalue weighted by atomic mass is 15.2. The van der Waals surface area contributed by atoms with E-state index in [0.717, 1.165) is 23.6 Å². The molecule has 1 rings (SSSR count). The Morgan fingerprint density at radius 2 is 2.20 bits per heavy atom. The molecule has 1 aromatic heterocycles. The first kappa shape index (κ1) is 11.2. The first-order valence-electron chi connectivity index (χ1n) is 4.91. The summed E-state index contributed by atoms with van der Waals surface area (Å²) in [6.07, 6.45) is 4.31. The Morgan fingerprint density at radius 3 is 2.67 bits per heavy atom. The molecule has 2 heteroatoms. The highest BCUT2D eigenvalue weighted by molar-refractivity contribution is 5.54. The lowest BCUT2D eigenvalue weighted by Crippen LogP contribution is -2.19. The fraction of sp³-hybridized carbons (Fsp3) is 0.154. The molecule has 1 heterocycles. The number of allylic oxidation sites excluding steroid dienone is 2. The van der Waals surface area contributed by atoms with Crippen molar-refractivity contribution in [1.82, 2.24) is 4.98 Å². The van der Waals surface area contributed by atoms with E-state index in [0.29, 0.717) is 0 Å². The second-order valence-electron chi connectivity index (χ2n) is 3.14. The summed E-state index contributed by atoms with van der Waals surface area (Å²) in [4.78, 5) is 6.18. The summed E-state index contributed by atoms with van der Waals surface area (Å²) in [6, 6.07) is 5.75. The van der Waals surface area contributed by atoms with Crippen LogP contribution in [0.2, 0.25) is 0 Å². The molecule has 0 saturated heterocycles. The first-order chi connectivity index (χ1) is 7.20. The van der Waals surface area contributed by atoms with Crippen LogP contribution in [0.5, 0.6) is 0 Å². The second kappa shape index (κ2) is 5.15. The third-order valence-electron chi connectivity index (χ3n) is 2.13. The molecule has 0 atom stereocenters. The van der Waals surface area contributed by atoms with Gasteiger partial charge in [0.05, 0.1) is 0 Å². The van der Waals surface area contributed by atoms with E-state index in [1.54, 1.807) is 12.3 Å². The van der Waals surface area contributed by atoms with E-state index < -0.39 is 0 Å². The molecule has 78 valence electrons. The Bertz CT molecular complexity index is 365. The van der Waals surface area contributed by atoms with Gasteiger partial charge in [-0.05, 0) is 24.6 Å². The molecular weight excluding hydrogens is 184 g/mol. The molecule has 0 fully saturated rings. The van der Waals surface area contributed by atoms with Crippen LogP contribution in [0, 0.1) is 0 Å². The van der Waals surface area contributed by atoms with Gasteiger partial charge in [-0.1, -0.05) is 32.7 Å². The maximum atomic E-state index is 4.27. The van der Waals surface area contributed by atoms with Crippen molar-refractivity contribution < 1.29 is 0 Å². The van der Waals surface area contributed by atoms with Crippen molar-refractivity contribution in [3.05, 3.63) is 61.6 Å². The minimum Gasteiger partial charge on any atom is -0.300 e. The second-order valence-corrected chi connectivity index (χ2v) is 3.14. The Kier molecular flexibility index (Phi) is 3.86. The maximum absolute atomic E-state index is 4.27. The largest absolute Gasteiger partial charge is 0.300 e. The summed E-state index contributed by atoms with van der Waals surface area (Å²) in [5.74, 6) is 0.828. The molecule has 0 radical (unpaired) electrons. The minimum atomic E-state index is 0.792. The fourth-order valence-corrected chi connectivity index (χ4v) is 1.25. The van der Waals surface area contributed by atoms with Gasteiger partial charge < -0.3 is 4.90 Å². The summed E-state index contributed by atoms with van der Waals surface area (Å²) in [6.45, 7) is 13.7. The van der Waals surface area contributed by atoms with E-state index in [1.807, 2.05) is 23.1 Å². The summed E-state index contributed by atoms with van der Waals surface area (Å²) in [5, 5.41) is 0. The zero-order chi connectivity index (χ0) is 11.3. The molecule has 2 nitrogen and oxygen atoms in total. The van der Waals surface area contributed by atoms with Crippen molar-refractivity contribution in [2.24, 2.45) is 0 Å². The normalized spacial score (nSPS) is 9.40. The fourth-order valence-electron chi connectivity index (χ4n) is 1.25. The molecule has 15 heavy (non-hydrogen) atoms. The molecule has 0 aromatic carbocycles. The van der Waals surface area contributed by atoms with E-state index in [2.05, 4.69) is 31.6 Å². The molecular formula is C13H16N2. The van der Waals surface area contributed by atoms with Gasteiger partial charge in [0.2, 0.25) is 0 Å². The van der Waals surface area contributed by atoms with Crippen LogP contribution in [0.15, 0.2) is 61.6 Å². The van der Waals surface area contributed by atoms with Crippen molar-refractivity contribution >= 4 is 5.82 Å². The first-order valence-corrected chi connectivity index (χ1v) is 4.91. The number of nitrogens with zero attached hydrogens (tertiary/aromatic N) is 2. The lowest BCUT2D eigenvalue weighted by Gasteiger charge is -2.25. The minimum absolute atomic E-state index is 0.792. The van der Waals surface area contributed by atoms with Gasteiger partial charge in [-0.3, -0.25) is 0 Å². The number of hydrogen-bond acceptors (Lipinski definition) is 2. The highest BCUT2D eigenvalue weighted by Gasteiger charge is 2.10. The summed E-state index contributed by atoms with van der Waals surface area (Å²) in [5.41, 5.74) is 1.75. The van der Waals surface area contributed by atoms with Gasteiger partial charge in [0.1, 0.15) is 5.82 Å². The molecule has 0 bridgehead atoms. The molecule has 0 aliphatic carbocycles. The van der Waals surface area contributed by atoms with E-state index in [1.165, 1.54) is 0 Å². The SMILES string of the molecule is C=CC(=C)N(C(=C)CC)c1ccccn1. The van der Waals surface area contributed by atoms with Gasteiger partial charge in [-0.15, -0.1) is 0 Å². The Morgan fingerprint density at radius 1 is 1.47 bits per heavy atom. The van der Waals surface area contributed by atoms with Crippen LogP contribution in [0.4, 0.5) is 5.82 Å². The highest BCUT2D eigenvalue weighted by Crippen LogP contribution is 2.21. The lowest BCUT2D eigenvalue weighted by atomic mass is 10.2. The number of anilines is 1. The third kappa shape index (κ3) is 2.56. The molecule has 0 spiro atoms. The van der Waals surface area contributed by atoms with Crippen molar-refractivity contribution in [1.29, 1.82) is 0 Å². The zero-order valence-electron chi connectivity index (χ0n) is 9.11. The number of aromatic nitrogens is 1. The van der Waals surface area contributed by atoms with Crippen LogP contribution < -0.4 is 4.90 Å². The van der Waals surface area contributed by atoms with E-state index in [-0.39, 0.29) is 0 Å². The molecule has 0 aliphatic heterocycles. The van der Waals surface area contributed by atoms with Gasteiger partial charge in [0.15, 0.2) is 0 Å². The number of rotatable bonds is 5. The summed E-state index contributed by atoms with van der Waals surface area (Å²) >= 11 is 0. The maximum Gasteiger partial charge on any atom is 0.137 e. The quantitative estimate of drug-likeness (QED) is 0.676. The average Bonchev–Trinajstić information content (AvgIpc) is 2.30. The zero-order valence-corrected chi connectivity index (χ0v) is 9.11. The predicted octanol–water partition coefficient (Wildman–Crippen LogP) is 3.51. The Balaban J connectivity index is 3.07. The van der Waals surface area contributed by atoms with Gasteiger partial charge in [-0.25, -0.2) is 4.98 Å². The lowest BCUT2D eigenvalue weighted by molar-refractivity contribution is 0.972. The molecule has 0 saturated carbocycles. The van der Waals surface area contributed by atoms with Crippen molar-refractivity contribution in [3.63, 3.8) is 0 Å². The van der Waals surface area contributed by atoms with Crippen LogP contribution in [0.3, 0.4) is 0 Å². The smallest absolute Gasteiger partial charge is 0.137 e. The Hall–Kier alpha value is -1.83. The van der Waals surface area contributed by atoms with Crippen molar-refractivity contribution in [2.75, 3.05) is 4.90 Å². The van der Waals surface area contributed by atoms with Crippen molar-refractivity contribution in [2.45, 2.75) is 13.3 Å². The standard InChI is InChI=1S/C13H16N2/c1-5-11(3)15(12(4)6-2)13-9-7-8-10-14-13/h5,7-10H,1,3-4,6H2,2H3. The molecule has 0 unspecified atom stereocenters. The van der Waals surface area contributed by atoms with Gasteiger partial charge in [0.25, 0.3) is 0 Å². The molecule has 0 N–H and O–H groups in total. The van der Waals surface area contributed by atoms with Crippen LogP contribution >= 0.6 is 0 Å². The average molecular weight is 200 g/mol.